The smallest absolute Gasteiger partial charge is 0.220 e. The third-order valence-corrected chi connectivity index (χ3v) is 4.09. The van der Waals surface area contributed by atoms with Crippen LogP contribution in [0.1, 0.15) is 44.1 Å². The molecule has 1 aromatic rings. The van der Waals surface area contributed by atoms with Crippen LogP contribution in [0.3, 0.4) is 0 Å². The summed E-state index contributed by atoms with van der Waals surface area (Å²) >= 11 is 0. The minimum absolute atomic E-state index is 0. The number of methoxy groups -OCH3 is 1. The van der Waals surface area contributed by atoms with Crippen molar-refractivity contribution in [1.82, 2.24) is 5.32 Å². The zero-order valence-electron chi connectivity index (χ0n) is 12.6. The Kier molecular flexibility index (Phi) is 6.99. The van der Waals surface area contributed by atoms with Gasteiger partial charge in [0.25, 0.3) is 0 Å². The van der Waals surface area contributed by atoms with Crippen molar-refractivity contribution in [3.8, 4) is 5.75 Å². The number of halogens is 1. The van der Waals surface area contributed by atoms with E-state index in [9.17, 15) is 4.79 Å². The van der Waals surface area contributed by atoms with Crippen LogP contribution in [0.5, 0.6) is 5.75 Å². The van der Waals surface area contributed by atoms with Gasteiger partial charge in [0, 0.05) is 6.42 Å². The number of amides is 1. The van der Waals surface area contributed by atoms with E-state index in [1.165, 1.54) is 5.56 Å². The lowest BCUT2D eigenvalue weighted by molar-refractivity contribution is -0.123. The molecular formula is C16H25ClN2O2. The summed E-state index contributed by atoms with van der Waals surface area (Å²) < 4.78 is 5.20. The van der Waals surface area contributed by atoms with E-state index in [0.29, 0.717) is 13.0 Å². The van der Waals surface area contributed by atoms with Crippen LogP contribution in [-0.2, 0) is 10.3 Å². The number of carbonyl (C=O) groups is 1. The minimum atomic E-state index is -0.196. The molecule has 0 aliphatic heterocycles. The molecule has 2 rings (SSSR count). The Labute approximate surface area is 132 Å². The highest BCUT2D eigenvalue weighted by molar-refractivity contribution is 5.85. The zero-order valence-corrected chi connectivity index (χ0v) is 13.4. The fraction of sp³-hybridized carbons (Fsp3) is 0.562. The van der Waals surface area contributed by atoms with Crippen molar-refractivity contribution in [2.45, 2.75) is 44.1 Å². The number of ether oxygens (including phenoxy) is 1. The lowest BCUT2D eigenvalue weighted by atomic mass is 9.88. The van der Waals surface area contributed by atoms with Gasteiger partial charge in [0.05, 0.1) is 12.6 Å². The van der Waals surface area contributed by atoms with Crippen LogP contribution in [-0.4, -0.2) is 19.6 Å². The molecule has 5 heteroatoms. The van der Waals surface area contributed by atoms with E-state index in [0.717, 1.165) is 37.9 Å². The Bertz CT molecular complexity index is 442. The number of nitrogens with two attached hydrogens (primary N) is 1. The van der Waals surface area contributed by atoms with Crippen molar-refractivity contribution < 1.29 is 9.53 Å². The maximum absolute atomic E-state index is 12.1. The summed E-state index contributed by atoms with van der Waals surface area (Å²) in [5.41, 5.74) is 6.45. The number of carbonyl (C=O) groups excluding carboxylic acids is 1. The molecule has 1 amide bonds. The molecule has 1 saturated carbocycles. The van der Waals surface area contributed by atoms with Gasteiger partial charge in [-0.25, -0.2) is 0 Å². The minimum Gasteiger partial charge on any atom is -0.497 e. The number of nitrogens with one attached hydrogen (secondary N) is 1. The standard InChI is InChI=1S/C16H24N2O2.ClH/c1-20-14-8-6-13(7-9-14)16(10-2-3-11-16)18-15(19)5-4-12-17;/h6-9H,2-5,10-12,17H2,1H3,(H,18,19);1H. The molecule has 1 fully saturated rings. The molecule has 0 unspecified atom stereocenters. The van der Waals surface area contributed by atoms with Crippen molar-refractivity contribution in [3.63, 3.8) is 0 Å². The Balaban J connectivity index is 0.00000220. The molecular weight excluding hydrogens is 288 g/mol. The van der Waals surface area contributed by atoms with Crippen LogP contribution in [0.25, 0.3) is 0 Å². The largest absolute Gasteiger partial charge is 0.497 e. The average Bonchev–Trinajstić information content (AvgIpc) is 2.95. The van der Waals surface area contributed by atoms with Gasteiger partial charge in [0.15, 0.2) is 0 Å². The average molecular weight is 313 g/mol. The summed E-state index contributed by atoms with van der Waals surface area (Å²) in [6.45, 7) is 0.558. The highest BCUT2D eigenvalue weighted by Crippen LogP contribution is 2.39. The van der Waals surface area contributed by atoms with Crippen LogP contribution in [0, 0.1) is 0 Å². The summed E-state index contributed by atoms with van der Waals surface area (Å²) in [6, 6.07) is 8.05. The molecule has 21 heavy (non-hydrogen) atoms. The van der Waals surface area contributed by atoms with Crippen molar-refractivity contribution in [2.75, 3.05) is 13.7 Å². The Morgan fingerprint density at radius 2 is 1.90 bits per heavy atom. The molecule has 0 atom stereocenters. The van der Waals surface area contributed by atoms with Crippen molar-refractivity contribution in [2.24, 2.45) is 5.73 Å². The lowest BCUT2D eigenvalue weighted by Gasteiger charge is -2.31. The van der Waals surface area contributed by atoms with E-state index < -0.39 is 0 Å². The van der Waals surface area contributed by atoms with Gasteiger partial charge in [-0.1, -0.05) is 25.0 Å². The molecule has 1 aliphatic rings. The second-order valence-corrected chi connectivity index (χ2v) is 5.46. The number of hydrogen-bond donors (Lipinski definition) is 2. The molecule has 118 valence electrons. The van der Waals surface area contributed by atoms with Crippen LogP contribution >= 0.6 is 12.4 Å². The lowest BCUT2D eigenvalue weighted by Crippen LogP contribution is -2.43. The molecule has 1 aromatic carbocycles. The first-order chi connectivity index (χ1) is 9.70. The van der Waals surface area contributed by atoms with Gasteiger partial charge >= 0.3 is 0 Å². The van der Waals surface area contributed by atoms with Crippen LogP contribution in [0.2, 0.25) is 0 Å². The number of benzene rings is 1. The maximum atomic E-state index is 12.1. The molecule has 0 radical (unpaired) electrons. The van der Waals surface area contributed by atoms with Crippen molar-refractivity contribution >= 4 is 18.3 Å². The summed E-state index contributed by atoms with van der Waals surface area (Å²) in [4.78, 5) is 12.1. The monoisotopic (exact) mass is 312 g/mol. The molecule has 0 aromatic heterocycles. The number of hydrogen-bond acceptors (Lipinski definition) is 3. The first-order valence-electron chi connectivity index (χ1n) is 7.36. The highest BCUT2D eigenvalue weighted by atomic mass is 35.5. The highest BCUT2D eigenvalue weighted by Gasteiger charge is 2.36. The third-order valence-electron chi connectivity index (χ3n) is 4.09. The third kappa shape index (κ3) is 4.35. The quantitative estimate of drug-likeness (QED) is 0.849. The van der Waals surface area contributed by atoms with Crippen LogP contribution in [0.15, 0.2) is 24.3 Å². The summed E-state index contributed by atoms with van der Waals surface area (Å²) in [5, 5.41) is 3.25. The van der Waals surface area contributed by atoms with Crippen LogP contribution in [0.4, 0.5) is 0 Å². The normalized spacial score (nSPS) is 16.1. The maximum Gasteiger partial charge on any atom is 0.220 e. The van der Waals surface area contributed by atoms with Crippen LogP contribution < -0.4 is 15.8 Å². The molecule has 0 spiro atoms. The van der Waals surface area contributed by atoms with Gasteiger partial charge < -0.3 is 15.8 Å². The summed E-state index contributed by atoms with van der Waals surface area (Å²) in [6.07, 6.45) is 5.58. The topological polar surface area (TPSA) is 64.3 Å². The predicted molar refractivity (Wildman–Crippen MR) is 86.8 cm³/mol. The second kappa shape index (κ2) is 8.25. The number of rotatable bonds is 6. The van der Waals surface area contributed by atoms with E-state index >= 15 is 0 Å². The molecule has 4 nitrogen and oxygen atoms in total. The van der Waals surface area contributed by atoms with Gasteiger partial charge in [-0.15, -0.1) is 12.4 Å². The van der Waals surface area contributed by atoms with E-state index in [2.05, 4.69) is 17.4 Å². The van der Waals surface area contributed by atoms with Gasteiger partial charge in [-0.2, -0.15) is 0 Å². The SMILES string of the molecule is COc1ccc(C2(NC(=O)CCCN)CCCC2)cc1.Cl. The molecule has 0 bridgehead atoms. The van der Waals surface area contributed by atoms with Gasteiger partial charge in [-0.3, -0.25) is 4.79 Å². The van der Waals surface area contributed by atoms with E-state index in [1.807, 2.05) is 12.1 Å². The first kappa shape index (κ1) is 17.8. The van der Waals surface area contributed by atoms with E-state index in [-0.39, 0.29) is 23.9 Å². The van der Waals surface area contributed by atoms with Crippen molar-refractivity contribution in [3.05, 3.63) is 29.8 Å². The van der Waals surface area contributed by atoms with Crippen molar-refractivity contribution in [1.29, 1.82) is 0 Å². The van der Waals surface area contributed by atoms with Gasteiger partial charge in [-0.05, 0) is 43.5 Å². The molecule has 0 heterocycles. The Hall–Kier alpha value is -1.26. The molecule has 1 aliphatic carbocycles. The summed E-state index contributed by atoms with van der Waals surface area (Å²) in [5.74, 6) is 0.949. The fourth-order valence-corrected chi connectivity index (χ4v) is 2.97. The first-order valence-corrected chi connectivity index (χ1v) is 7.36. The summed E-state index contributed by atoms with van der Waals surface area (Å²) in [7, 11) is 1.66. The Morgan fingerprint density at radius 1 is 1.29 bits per heavy atom. The Morgan fingerprint density at radius 3 is 2.43 bits per heavy atom. The molecule has 0 saturated heterocycles. The van der Waals surface area contributed by atoms with E-state index in [1.54, 1.807) is 7.11 Å². The van der Waals surface area contributed by atoms with Gasteiger partial charge in [0.1, 0.15) is 5.75 Å². The predicted octanol–water partition coefficient (Wildman–Crippen LogP) is 2.74. The molecule has 3 N–H and O–H groups in total. The zero-order chi connectivity index (χ0) is 14.4. The second-order valence-electron chi connectivity index (χ2n) is 5.46. The fourth-order valence-electron chi connectivity index (χ4n) is 2.97. The van der Waals surface area contributed by atoms with Gasteiger partial charge in [0.2, 0.25) is 5.91 Å². The van der Waals surface area contributed by atoms with E-state index in [4.69, 9.17) is 10.5 Å².